The SMILES string of the molecule is Cc1ccc(C(=O)CC2CCCN2)c(N)c1. The maximum absolute atomic E-state index is 12.0. The van der Waals surface area contributed by atoms with Gasteiger partial charge in [-0.1, -0.05) is 6.07 Å². The largest absolute Gasteiger partial charge is 0.398 e. The van der Waals surface area contributed by atoms with Crippen LogP contribution in [0.1, 0.15) is 35.2 Å². The third kappa shape index (κ3) is 2.42. The number of ketones is 1. The molecule has 0 radical (unpaired) electrons. The Morgan fingerprint density at radius 3 is 3.00 bits per heavy atom. The molecule has 0 spiro atoms. The summed E-state index contributed by atoms with van der Waals surface area (Å²) >= 11 is 0. The van der Waals surface area contributed by atoms with Crippen LogP contribution >= 0.6 is 0 Å². The second kappa shape index (κ2) is 4.66. The Labute approximate surface area is 96.0 Å². The number of Topliss-reactive ketones (excluding diaryl/α,β-unsaturated/α-hetero) is 1. The maximum Gasteiger partial charge on any atom is 0.166 e. The number of nitrogen functional groups attached to an aromatic ring is 1. The molecule has 0 aromatic heterocycles. The summed E-state index contributed by atoms with van der Waals surface area (Å²) in [5.41, 5.74) is 8.21. The average molecular weight is 218 g/mol. The van der Waals surface area contributed by atoms with Gasteiger partial charge in [0.1, 0.15) is 0 Å². The Morgan fingerprint density at radius 1 is 1.56 bits per heavy atom. The van der Waals surface area contributed by atoms with Gasteiger partial charge in [-0.3, -0.25) is 4.79 Å². The van der Waals surface area contributed by atoms with Gasteiger partial charge in [0.25, 0.3) is 0 Å². The summed E-state index contributed by atoms with van der Waals surface area (Å²) in [6.45, 7) is 3.00. The van der Waals surface area contributed by atoms with Crippen molar-refractivity contribution in [1.82, 2.24) is 5.32 Å². The minimum absolute atomic E-state index is 0.150. The van der Waals surface area contributed by atoms with E-state index < -0.39 is 0 Å². The number of nitrogens with one attached hydrogen (secondary N) is 1. The second-order valence-electron chi connectivity index (χ2n) is 4.51. The lowest BCUT2D eigenvalue weighted by molar-refractivity contribution is 0.0972. The van der Waals surface area contributed by atoms with Gasteiger partial charge in [0.15, 0.2) is 5.78 Å². The van der Waals surface area contributed by atoms with E-state index in [2.05, 4.69) is 5.32 Å². The highest BCUT2D eigenvalue weighted by atomic mass is 16.1. The van der Waals surface area contributed by atoms with Crippen LogP contribution in [0.3, 0.4) is 0 Å². The number of carbonyl (C=O) groups excluding carboxylic acids is 1. The standard InChI is InChI=1S/C13H18N2O/c1-9-4-5-11(12(14)7-9)13(16)8-10-3-2-6-15-10/h4-5,7,10,15H,2-3,6,8,14H2,1H3. The highest BCUT2D eigenvalue weighted by molar-refractivity contribution is 6.01. The number of anilines is 1. The Morgan fingerprint density at radius 2 is 2.38 bits per heavy atom. The summed E-state index contributed by atoms with van der Waals surface area (Å²) in [4.78, 5) is 12.0. The normalized spacial score (nSPS) is 19.9. The fraction of sp³-hybridized carbons (Fsp3) is 0.462. The van der Waals surface area contributed by atoms with Crippen LogP contribution in [0.4, 0.5) is 5.69 Å². The van der Waals surface area contributed by atoms with Gasteiger partial charge in [0.05, 0.1) is 0 Å². The van der Waals surface area contributed by atoms with E-state index in [0.29, 0.717) is 23.7 Å². The Kier molecular flexibility index (Phi) is 3.25. The van der Waals surface area contributed by atoms with Gasteiger partial charge in [-0.15, -0.1) is 0 Å². The average Bonchev–Trinajstić information content (AvgIpc) is 2.70. The zero-order valence-corrected chi connectivity index (χ0v) is 9.62. The molecule has 1 unspecified atom stereocenters. The first-order valence-electron chi connectivity index (χ1n) is 5.79. The first-order chi connectivity index (χ1) is 7.66. The summed E-state index contributed by atoms with van der Waals surface area (Å²) < 4.78 is 0. The van der Waals surface area contributed by atoms with Gasteiger partial charge in [0.2, 0.25) is 0 Å². The summed E-state index contributed by atoms with van der Waals surface area (Å²) in [5.74, 6) is 0.150. The fourth-order valence-electron chi connectivity index (χ4n) is 2.20. The van der Waals surface area contributed by atoms with Crippen LogP contribution in [-0.2, 0) is 0 Å². The lowest BCUT2D eigenvalue weighted by atomic mass is 10.00. The second-order valence-corrected chi connectivity index (χ2v) is 4.51. The summed E-state index contributed by atoms with van der Waals surface area (Å²) in [5, 5.41) is 3.33. The molecule has 1 fully saturated rings. The van der Waals surface area contributed by atoms with Gasteiger partial charge >= 0.3 is 0 Å². The van der Waals surface area contributed by atoms with E-state index in [1.54, 1.807) is 0 Å². The molecule has 1 atom stereocenters. The minimum Gasteiger partial charge on any atom is -0.398 e. The first-order valence-corrected chi connectivity index (χ1v) is 5.79. The molecule has 0 amide bonds. The van der Waals surface area contributed by atoms with E-state index in [-0.39, 0.29) is 5.78 Å². The lowest BCUT2D eigenvalue weighted by Gasteiger charge is -2.10. The van der Waals surface area contributed by atoms with Gasteiger partial charge in [-0.25, -0.2) is 0 Å². The predicted molar refractivity (Wildman–Crippen MR) is 65.6 cm³/mol. The van der Waals surface area contributed by atoms with Crippen molar-refractivity contribution in [3.05, 3.63) is 29.3 Å². The maximum atomic E-state index is 12.0. The Hall–Kier alpha value is -1.35. The third-order valence-electron chi connectivity index (χ3n) is 3.10. The summed E-state index contributed by atoms with van der Waals surface area (Å²) in [6.07, 6.45) is 2.83. The van der Waals surface area contributed by atoms with Crippen molar-refractivity contribution in [1.29, 1.82) is 0 Å². The predicted octanol–water partition coefficient (Wildman–Crippen LogP) is 1.90. The molecule has 3 heteroatoms. The van der Waals surface area contributed by atoms with Crippen LogP contribution in [-0.4, -0.2) is 18.4 Å². The zero-order chi connectivity index (χ0) is 11.5. The van der Waals surface area contributed by atoms with Crippen molar-refractivity contribution >= 4 is 11.5 Å². The molecule has 0 bridgehead atoms. The Bertz CT molecular complexity index is 395. The molecule has 1 aromatic carbocycles. The smallest absolute Gasteiger partial charge is 0.166 e. The fourth-order valence-corrected chi connectivity index (χ4v) is 2.20. The number of benzene rings is 1. The summed E-state index contributed by atoms with van der Waals surface area (Å²) in [6, 6.07) is 5.97. The molecular formula is C13H18N2O. The van der Waals surface area contributed by atoms with E-state index in [9.17, 15) is 4.79 Å². The molecule has 0 aliphatic carbocycles. The molecule has 3 nitrogen and oxygen atoms in total. The monoisotopic (exact) mass is 218 g/mol. The van der Waals surface area contributed by atoms with Crippen LogP contribution in [0.15, 0.2) is 18.2 Å². The van der Waals surface area contributed by atoms with Crippen LogP contribution in [0.25, 0.3) is 0 Å². The Balaban J connectivity index is 2.08. The number of rotatable bonds is 3. The highest BCUT2D eigenvalue weighted by Gasteiger charge is 2.19. The number of aryl methyl sites for hydroxylation is 1. The van der Waals surface area contributed by atoms with E-state index in [4.69, 9.17) is 5.73 Å². The number of hydrogen-bond acceptors (Lipinski definition) is 3. The van der Waals surface area contributed by atoms with Crippen LogP contribution < -0.4 is 11.1 Å². The molecule has 16 heavy (non-hydrogen) atoms. The molecule has 0 saturated carbocycles. The molecule has 1 aromatic rings. The molecular weight excluding hydrogens is 200 g/mol. The van der Waals surface area contributed by atoms with E-state index in [1.807, 2.05) is 25.1 Å². The van der Waals surface area contributed by atoms with Crippen molar-refractivity contribution in [2.75, 3.05) is 12.3 Å². The van der Waals surface area contributed by atoms with Gasteiger partial charge in [-0.05, 0) is 44.0 Å². The zero-order valence-electron chi connectivity index (χ0n) is 9.62. The number of carbonyl (C=O) groups is 1. The van der Waals surface area contributed by atoms with Crippen molar-refractivity contribution in [3.8, 4) is 0 Å². The van der Waals surface area contributed by atoms with Crippen molar-refractivity contribution in [3.63, 3.8) is 0 Å². The molecule has 1 heterocycles. The molecule has 1 aliphatic rings. The van der Waals surface area contributed by atoms with E-state index in [0.717, 1.165) is 18.5 Å². The molecule has 86 valence electrons. The van der Waals surface area contributed by atoms with E-state index in [1.165, 1.54) is 6.42 Å². The third-order valence-corrected chi connectivity index (χ3v) is 3.10. The highest BCUT2D eigenvalue weighted by Crippen LogP contribution is 2.18. The summed E-state index contributed by atoms with van der Waals surface area (Å²) in [7, 11) is 0. The van der Waals surface area contributed by atoms with Gasteiger partial charge in [0, 0.05) is 23.7 Å². The lowest BCUT2D eigenvalue weighted by Crippen LogP contribution is -2.24. The molecule has 1 aliphatic heterocycles. The van der Waals surface area contributed by atoms with Crippen LogP contribution in [0.5, 0.6) is 0 Å². The van der Waals surface area contributed by atoms with Crippen molar-refractivity contribution in [2.24, 2.45) is 0 Å². The van der Waals surface area contributed by atoms with Gasteiger partial charge in [-0.2, -0.15) is 0 Å². The first kappa shape index (κ1) is 11.1. The van der Waals surface area contributed by atoms with Crippen LogP contribution in [0, 0.1) is 6.92 Å². The quantitative estimate of drug-likeness (QED) is 0.602. The van der Waals surface area contributed by atoms with Crippen molar-refractivity contribution < 1.29 is 4.79 Å². The van der Waals surface area contributed by atoms with Gasteiger partial charge < -0.3 is 11.1 Å². The molecule has 1 saturated heterocycles. The molecule has 2 rings (SSSR count). The van der Waals surface area contributed by atoms with Crippen molar-refractivity contribution in [2.45, 2.75) is 32.2 Å². The van der Waals surface area contributed by atoms with Crippen LogP contribution in [0.2, 0.25) is 0 Å². The molecule has 3 N–H and O–H groups in total. The van der Waals surface area contributed by atoms with E-state index >= 15 is 0 Å². The minimum atomic E-state index is 0.150. The number of hydrogen-bond donors (Lipinski definition) is 2. The number of nitrogens with two attached hydrogens (primary N) is 1. The topological polar surface area (TPSA) is 55.1 Å².